The van der Waals surface area contributed by atoms with E-state index in [2.05, 4.69) is 52.3 Å². The minimum Gasteiger partial charge on any atom is -0.376 e. The molecule has 0 spiro atoms. The van der Waals surface area contributed by atoms with E-state index >= 15 is 0 Å². The lowest BCUT2D eigenvalue weighted by Crippen LogP contribution is -2.47. The molecule has 0 saturated carbocycles. The summed E-state index contributed by atoms with van der Waals surface area (Å²) in [5.41, 5.74) is 7.11. The third-order valence-corrected chi connectivity index (χ3v) is 4.35. The molecule has 1 aromatic carbocycles. The fourth-order valence-electron chi connectivity index (χ4n) is 2.56. The van der Waals surface area contributed by atoms with Crippen LogP contribution in [0, 0.1) is 0 Å². The number of nitrogens with zero attached hydrogens (tertiary/aromatic N) is 1. The van der Waals surface area contributed by atoms with Crippen molar-refractivity contribution in [3.8, 4) is 0 Å². The molecular weight excluding hydrogens is 278 g/mol. The number of likely N-dealkylation sites (tertiary alicyclic amines) is 1. The number of benzene rings is 1. The van der Waals surface area contributed by atoms with E-state index in [-0.39, 0.29) is 5.54 Å². The second kappa shape index (κ2) is 4.96. The van der Waals surface area contributed by atoms with E-state index < -0.39 is 0 Å². The monoisotopic (exact) mass is 297 g/mol. The van der Waals surface area contributed by atoms with Crippen LogP contribution >= 0.6 is 15.9 Å². The van der Waals surface area contributed by atoms with Gasteiger partial charge in [0.25, 0.3) is 0 Å². The number of rotatable bonds is 3. The molecule has 0 bridgehead atoms. The van der Waals surface area contributed by atoms with Gasteiger partial charge in [-0.15, -0.1) is 0 Å². The van der Waals surface area contributed by atoms with Gasteiger partial charge >= 0.3 is 0 Å². The summed E-state index contributed by atoms with van der Waals surface area (Å²) in [6, 6.07) is 8.78. The summed E-state index contributed by atoms with van der Waals surface area (Å²) >= 11 is 3.57. The Labute approximate surface area is 111 Å². The molecule has 0 radical (unpaired) electrons. The zero-order chi connectivity index (χ0) is 12.5. The van der Waals surface area contributed by atoms with Gasteiger partial charge in [0.1, 0.15) is 0 Å². The lowest BCUT2D eigenvalue weighted by Gasteiger charge is -2.30. The second-order valence-electron chi connectivity index (χ2n) is 5.06. The molecule has 1 saturated heterocycles. The van der Waals surface area contributed by atoms with Crippen molar-refractivity contribution >= 4 is 21.6 Å². The molecule has 1 heterocycles. The summed E-state index contributed by atoms with van der Waals surface area (Å²) in [6.07, 6.45) is 1.08. The molecule has 0 aromatic heterocycles. The van der Waals surface area contributed by atoms with Crippen molar-refractivity contribution in [1.82, 2.24) is 4.90 Å². The lowest BCUT2D eigenvalue weighted by atomic mass is 9.96. The molecule has 4 heteroatoms. The van der Waals surface area contributed by atoms with Gasteiger partial charge in [0, 0.05) is 29.3 Å². The van der Waals surface area contributed by atoms with Crippen molar-refractivity contribution in [2.24, 2.45) is 5.73 Å². The third kappa shape index (κ3) is 2.64. The van der Waals surface area contributed by atoms with Crippen molar-refractivity contribution in [2.45, 2.75) is 24.9 Å². The number of hydrogen-bond donors (Lipinski definition) is 2. The predicted molar refractivity (Wildman–Crippen MR) is 76.3 cm³/mol. The summed E-state index contributed by atoms with van der Waals surface area (Å²) in [5, 5.41) is 3.62. The van der Waals surface area contributed by atoms with E-state index in [9.17, 15) is 0 Å². The maximum Gasteiger partial charge on any atom is 0.0637 e. The Kier molecular flexibility index (Phi) is 3.76. The average Bonchev–Trinajstić information content (AvgIpc) is 2.59. The maximum atomic E-state index is 5.99. The number of hydrogen-bond acceptors (Lipinski definition) is 3. The summed E-state index contributed by atoms with van der Waals surface area (Å²) in [6.45, 7) is 3.90. The number of likely N-dealkylation sites (N-methyl/N-ethyl adjacent to an activating group) is 1. The third-order valence-electron chi connectivity index (χ3n) is 3.66. The van der Waals surface area contributed by atoms with Crippen LogP contribution in [0.2, 0.25) is 0 Å². The second-order valence-corrected chi connectivity index (χ2v) is 5.91. The first-order valence-corrected chi connectivity index (χ1v) is 6.79. The largest absolute Gasteiger partial charge is 0.376 e. The van der Waals surface area contributed by atoms with Crippen LogP contribution in [-0.4, -0.2) is 36.6 Å². The molecule has 1 fully saturated rings. The molecule has 1 aromatic rings. The zero-order valence-corrected chi connectivity index (χ0v) is 12.0. The summed E-state index contributed by atoms with van der Waals surface area (Å²) in [7, 11) is 2.16. The van der Waals surface area contributed by atoms with Crippen LogP contribution in [0.5, 0.6) is 0 Å². The van der Waals surface area contributed by atoms with Gasteiger partial charge in [-0.05, 0) is 48.5 Å². The molecular formula is C13H20BrN3. The van der Waals surface area contributed by atoms with Crippen LogP contribution in [0.4, 0.5) is 5.69 Å². The van der Waals surface area contributed by atoms with Gasteiger partial charge in [-0.3, -0.25) is 0 Å². The molecule has 0 amide bonds. The van der Waals surface area contributed by atoms with Crippen LogP contribution in [0.1, 0.15) is 13.3 Å². The molecule has 3 N–H and O–H groups in total. The van der Waals surface area contributed by atoms with Gasteiger partial charge in [-0.2, -0.15) is 0 Å². The highest BCUT2D eigenvalue weighted by atomic mass is 79.9. The Morgan fingerprint density at radius 1 is 1.53 bits per heavy atom. The zero-order valence-electron chi connectivity index (χ0n) is 10.4. The Balaban J connectivity index is 2.19. The molecule has 2 unspecified atom stereocenters. The molecule has 17 heavy (non-hydrogen) atoms. The van der Waals surface area contributed by atoms with E-state index in [1.165, 1.54) is 0 Å². The van der Waals surface area contributed by atoms with E-state index in [1.807, 2.05) is 12.1 Å². The van der Waals surface area contributed by atoms with Crippen LogP contribution < -0.4 is 11.1 Å². The van der Waals surface area contributed by atoms with Gasteiger partial charge in [0.2, 0.25) is 0 Å². The van der Waals surface area contributed by atoms with Gasteiger partial charge in [0.15, 0.2) is 0 Å². The van der Waals surface area contributed by atoms with Crippen molar-refractivity contribution in [1.29, 1.82) is 0 Å². The van der Waals surface area contributed by atoms with Crippen LogP contribution in [0.3, 0.4) is 0 Å². The summed E-state index contributed by atoms with van der Waals surface area (Å²) < 4.78 is 1.09. The SMILES string of the molecule is CC1CC(CN)(Nc2ccccc2Br)CN1C. The van der Waals surface area contributed by atoms with Gasteiger partial charge in [-0.1, -0.05) is 12.1 Å². The highest BCUT2D eigenvalue weighted by Gasteiger charge is 2.39. The van der Waals surface area contributed by atoms with Crippen molar-refractivity contribution in [3.05, 3.63) is 28.7 Å². The number of halogens is 1. The van der Waals surface area contributed by atoms with Gasteiger partial charge < -0.3 is 16.0 Å². The Morgan fingerprint density at radius 2 is 2.24 bits per heavy atom. The van der Waals surface area contributed by atoms with Crippen LogP contribution in [0.25, 0.3) is 0 Å². The first-order valence-electron chi connectivity index (χ1n) is 5.99. The Bertz CT molecular complexity index is 384. The molecule has 94 valence electrons. The topological polar surface area (TPSA) is 41.3 Å². The standard InChI is InChI=1S/C13H20BrN3/c1-10-7-13(8-15,9-17(10)2)16-12-6-4-3-5-11(12)14/h3-6,10,16H,7-9,15H2,1-2H3. The van der Waals surface area contributed by atoms with E-state index in [0.717, 1.165) is 23.1 Å². The van der Waals surface area contributed by atoms with Crippen molar-refractivity contribution in [2.75, 3.05) is 25.5 Å². The quantitative estimate of drug-likeness (QED) is 0.899. The van der Waals surface area contributed by atoms with E-state index in [4.69, 9.17) is 5.73 Å². The minimum atomic E-state index is -0.00194. The van der Waals surface area contributed by atoms with E-state index in [1.54, 1.807) is 0 Å². The van der Waals surface area contributed by atoms with Crippen molar-refractivity contribution in [3.63, 3.8) is 0 Å². The summed E-state index contributed by atoms with van der Waals surface area (Å²) in [4.78, 5) is 2.36. The normalized spacial score (nSPS) is 29.5. The van der Waals surface area contributed by atoms with Gasteiger partial charge in [-0.25, -0.2) is 0 Å². The number of anilines is 1. The predicted octanol–water partition coefficient (Wildman–Crippen LogP) is 2.28. The first kappa shape index (κ1) is 12.9. The number of nitrogens with one attached hydrogen (secondary N) is 1. The lowest BCUT2D eigenvalue weighted by molar-refractivity contribution is 0.323. The Morgan fingerprint density at radius 3 is 2.76 bits per heavy atom. The first-order chi connectivity index (χ1) is 8.06. The average molecular weight is 298 g/mol. The highest BCUT2D eigenvalue weighted by Crippen LogP contribution is 2.31. The summed E-state index contributed by atoms with van der Waals surface area (Å²) in [5.74, 6) is 0. The molecule has 1 aliphatic rings. The van der Waals surface area contributed by atoms with Gasteiger partial charge in [0.05, 0.1) is 5.54 Å². The Hall–Kier alpha value is -0.580. The molecule has 2 rings (SSSR count). The van der Waals surface area contributed by atoms with Crippen LogP contribution in [-0.2, 0) is 0 Å². The number of nitrogens with two attached hydrogens (primary N) is 1. The highest BCUT2D eigenvalue weighted by molar-refractivity contribution is 9.10. The fraction of sp³-hybridized carbons (Fsp3) is 0.538. The molecule has 2 atom stereocenters. The fourth-order valence-corrected chi connectivity index (χ4v) is 2.94. The smallest absolute Gasteiger partial charge is 0.0637 e. The van der Waals surface area contributed by atoms with E-state index in [0.29, 0.717) is 12.6 Å². The molecule has 0 aliphatic carbocycles. The van der Waals surface area contributed by atoms with Crippen LogP contribution in [0.15, 0.2) is 28.7 Å². The van der Waals surface area contributed by atoms with Crippen molar-refractivity contribution < 1.29 is 0 Å². The minimum absolute atomic E-state index is 0.00194. The maximum absolute atomic E-state index is 5.99. The molecule has 1 aliphatic heterocycles. The number of para-hydroxylation sites is 1. The molecule has 3 nitrogen and oxygen atoms in total.